The van der Waals surface area contributed by atoms with Crippen LogP contribution >= 0.6 is 0 Å². The molecule has 0 saturated heterocycles. The van der Waals surface area contributed by atoms with Crippen molar-refractivity contribution in [3.05, 3.63) is 46.6 Å². The van der Waals surface area contributed by atoms with Crippen LogP contribution < -0.4 is 0 Å². The summed E-state index contributed by atoms with van der Waals surface area (Å²) in [5, 5.41) is 0. The van der Waals surface area contributed by atoms with Gasteiger partial charge < -0.3 is 4.74 Å². The fraction of sp³-hybridized carbons (Fsp3) is 0.500. The smallest absolute Gasteiger partial charge is 0.334 e. The molecule has 0 aromatic rings. The van der Waals surface area contributed by atoms with Crippen LogP contribution in [0.3, 0.4) is 0 Å². The molecule has 0 aromatic carbocycles. The van der Waals surface area contributed by atoms with E-state index in [1.807, 2.05) is 6.92 Å². The Balaban J connectivity index is 2.13. The third kappa shape index (κ3) is 1.19. The van der Waals surface area contributed by atoms with Crippen molar-refractivity contribution >= 4 is 5.97 Å². The van der Waals surface area contributed by atoms with Gasteiger partial charge in [-0.3, -0.25) is 0 Å². The summed E-state index contributed by atoms with van der Waals surface area (Å²) in [6.07, 6.45) is 8.45. The molecule has 20 heavy (non-hydrogen) atoms. The summed E-state index contributed by atoms with van der Waals surface area (Å²) in [6.45, 7) is 11.1. The fourth-order valence-corrected chi connectivity index (χ4v) is 4.44. The van der Waals surface area contributed by atoms with Gasteiger partial charge in [-0.2, -0.15) is 0 Å². The largest absolute Gasteiger partial charge is 0.463 e. The Morgan fingerprint density at radius 3 is 2.25 bits per heavy atom. The standard InChI is InChI=1S/C18H22O2/c1-6-20-16(19)15-14(13-9-7-8-10-13)17(4)11(2)12(3)18(15,17)5/h7-10,13H,6H2,1-5H3. The van der Waals surface area contributed by atoms with Crippen molar-refractivity contribution in [2.75, 3.05) is 6.61 Å². The SMILES string of the molecule is CCOC(=O)C1=C(C2C=CC=C2)C2(C)C(C)=C(C)C12C. The number of fused-ring (bicyclic) bond motifs is 1. The number of carbonyl (C=O) groups is 1. The zero-order chi connectivity index (χ0) is 14.7. The monoisotopic (exact) mass is 270 g/mol. The maximum Gasteiger partial charge on any atom is 0.334 e. The van der Waals surface area contributed by atoms with Gasteiger partial charge in [0.1, 0.15) is 0 Å². The van der Waals surface area contributed by atoms with Crippen molar-refractivity contribution in [1.29, 1.82) is 0 Å². The second kappa shape index (κ2) is 3.97. The zero-order valence-corrected chi connectivity index (χ0v) is 12.9. The molecular formula is C18H22O2. The molecule has 2 nitrogen and oxygen atoms in total. The van der Waals surface area contributed by atoms with Gasteiger partial charge in [-0.05, 0) is 26.3 Å². The molecule has 0 aliphatic heterocycles. The van der Waals surface area contributed by atoms with E-state index in [0.717, 1.165) is 5.57 Å². The molecule has 106 valence electrons. The van der Waals surface area contributed by atoms with E-state index in [2.05, 4.69) is 52.0 Å². The van der Waals surface area contributed by atoms with Gasteiger partial charge in [0.25, 0.3) is 0 Å². The summed E-state index contributed by atoms with van der Waals surface area (Å²) in [7, 11) is 0. The molecule has 0 N–H and O–H groups in total. The van der Waals surface area contributed by atoms with E-state index in [0.29, 0.717) is 6.61 Å². The molecule has 0 heterocycles. The van der Waals surface area contributed by atoms with Crippen molar-refractivity contribution in [2.45, 2.75) is 34.6 Å². The normalized spacial score (nSPS) is 35.0. The predicted octanol–water partition coefficient (Wildman–Crippen LogP) is 3.96. The number of hydrogen-bond donors (Lipinski definition) is 0. The first kappa shape index (κ1) is 13.4. The molecule has 3 aliphatic carbocycles. The van der Waals surface area contributed by atoms with Gasteiger partial charge in [0.05, 0.1) is 6.61 Å². The van der Waals surface area contributed by atoms with Crippen LogP contribution in [0.25, 0.3) is 0 Å². The van der Waals surface area contributed by atoms with Crippen LogP contribution in [0.1, 0.15) is 34.6 Å². The van der Waals surface area contributed by atoms with Crippen LogP contribution in [-0.2, 0) is 9.53 Å². The number of allylic oxidation sites excluding steroid dienone is 7. The highest BCUT2D eigenvalue weighted by atomic mass is 16.5. The molecule has 0 aromatic heterocycles. The Hall–Kier alpha value is -1.57. The topological polar surface area (TPSA) is 26.3 Å². The number of esters is 1. The Morgan fingerprint density at radius 2 is 1.70 bits per heavy atom. The first-order valence-electron chi connectivity index (χ1n) is 7.36. The van der Waals surface area contributed by atoms with Crippen LogP contribution in [0.15, 0.2) is 46.6 Å². The summed E-state index contributed by atoms with van der Waals surface area (Å²) in [6, 6.07) is 0. The molecule has 3 rings (SSSR count). The summed E-state index contributed by atoms with van der Waals surface area (Å²) < 4.78 is 5.31. The van der Waals surface area contributed by atoms with Crippen LogP contribution in [0, 0.1) is 16.7 Å². The van der Waals surface area contributed by atoms with Crippen molar-refractivity contribution in [2.24, 2.45) is 16.7 Å². The quantitative estimate of drug-likeness (QED) is 0.573. The van der Waals surface area contributed by atoms with E-state index in [-0.39, 0.29) is 22.7 Å². The maximum atomic E-state index is 12.4. The van der Waals surface area contributed by atoms with Gasteiger partial charge in [0.15, 0.2) is 0 Å². The first-order valence-corrected chi connectivity index (χ1v) is 7.36. The molecular weight excluding hydrogens is 248 g/mol. The third-order valence-corrected chi connectivity index (χ3v) is 5.93. The average Bonchev–Trinajstić information content (AvgIpc) is 2.94. The molecule has 0 fully saturated rings. The lowest BCUT2D eigenvalue weighted by Gasteiger charge is -2.68. The lowest BCUT2D eigenvalue weighted by Crippen LogP contribution is -2.62. The summed E-state index contributed by atoms with van der Waals surface area (Å²) in [4.78, 5) is 12.4. The molecule has 2 unspecified atom stereocenters. The number of ether oxygens (including phenoxy) is 1. The Morgan fingerprint density at radius 1 is 1.15 bits per heavy atom. The molecule has 0 spiro atoms. The second-order valence-electron chi connectivity index (χ2n) is 6.30. The summed E-state index contributed by atoms with van der Waals surface area (Å²) in [5.74, 6) is 0.110. The van der Waals surface area contributed by atoms with Crippen LogP contribution in [0.2, 0.25) is 0 Å². The minimum absolute atomic E-state index is 0.0167. The van der Waals surface area contributed by atoms with E-state index in [4.69, 9.17) is 4.74 Å². The van der Waals surface area contributed by atoms with Crippen LogP contribution in [-0.4, -0.2) is 12.6 Å². The van der Waals surface area contributed by atoms with Gasteiger partial charge in [-0.1, -0.05) is 49.3 Å². The molecule has 0 amide bonds. The molecule has 0 bridgehead atoms. The van der Waals surface area contributed by atoms with Gasteiger partial charge >= 0.3 is 5.97 Å². The highest BCUT2D eigenvalue weighted by molar-refractivity contribution is 5.98. The lowest BCUT2D eigenvalue weighted by molar-refractivity contribution is -0.142. The average molecular weight is 270 g/mol. The van der Waals surface area contributed by atoms with E-state index < -0.39 is 0 Å². The van der Waals surface area contributed by atoms with Gasteiger partial charge in [-0.15, -0.1) is 0 Å². The number of carbonyl (C=O) groups excluding carboxylic acids is 1. The second-order valence-corrected chi connectivity index (χ2v) is 6.30. The predicted molar refractivity (Wildman–Crippen MR) is 80.0 cm³/mol. The lowest BCUT2D eigenvalue weighted by atomic mass is 9.34. The summed E-state index contributed by atoms with van der Waals surface area (Å²) in [5.41, 5.74) is 4.76. The highest BCUT2D eigenvalue weighted by Gasteiger charge is 2.70. The molecule has 2 heteroatoms. The minimum Gasteiger partial charge on any atom is -0.463 e. The molecule has 2 atom stereocenters. The molecule has 3 aliphatic rings. The fourth-order valence-electron chi connectivity index (χ4n) is 4.44. The highest BCUT2D eigenvalue weighted by Crippen LogP contribution is 2.76. The Kier molecular flexibility index (Phi) is 2.66. The summed E-state index contributed by atoms with van der Waals surface area (Å²) >= 11 is 0. The van der Waals surface area contributed by atoms with E-state index >= 15 is 0 Å². The van der Waals surface area contributed by atoms with Gasteiger partial charge in [0, 0.05) is 22.3 Å². The van der Waals surface area contributed by atoms with E-state index in [1.54, 1.807) is 0 Å². The van der Waals surface area contributed by atoms with Crippen molar-refractivity contribution in [3.8, 4) is 0 Å². The molecule has 0 saturated carbocycles. The maximum absolute atomic E-state index is 12.4. The Labute approximate surface area is 120 Å². The van der Waals surface area contributed by atoms with Gasteiger partial charge in [0.2, 0.25) is 0 Å². The third-order valence-electron chi connectivity index (χ3n) is 5.93. The molecule has 0 radical (unpaired) electrons. The van der Waals surface area contributed by atoms with Crippen LogP contribution in [0.4, 0.5) is 0 Å². The van der Waals surface area contributed by atoms with Crippen molar-refractivity contribution in [3.63, 3.8) is 0 Å². The van der Waals surface area contributed by atoms with Gasteiger partial charge in [-0.25, -0.2) is 4.79 Å². The van der Waals surface area contributed by atoms with E-state index in [1.165, 1.54) is 16.7 Å². The zero-order valence-electron chi connectivity index (χ0n) is 12.9. The number of rotatable bonds is 3. The van der Waals surface area contributed by atoms with Crippen molar-refractivity contribution < 1.29 is 9.53 Å². The first-order chi connectivity index (χ1) is 9.40. The minimum atomic E-state index is -0.136. The number of hydrogen-bond acceptors (Lipinski definition) is 2. The Bertz CT molecular complexity index is 605. The van der Waals surface area contributed by atoms with E-state index in [9.17, 15) is 4.79 Å². The van der Waals surface area contributed by atoms with Crippen LogP contribution in [0.5, 0.6) is 0 Å². The van der Waals surface area contributed by atoms with Crippen molar-refractivity contribution in [1.82, 2.24) is 0 Å².